The van der Waals surface area contributed by atoms with Gasteiger partial charge in [0.05, 0.1) is 11.5 Å². The molecule has 0 saturated carbocycles. The first-order chi connectivity index (χ1) is 8.27. The standard InChI is InChI=1S/C11H9F5O2/c1-5(6(2)17)11(18)7(3-12)9(15)10(16)8(14)4-13/h3-5H,1-2H3/b7-3-,8-4-,10-9-. The Kier molecular flexibility index (Phi) is 6.15. The minimum absolute atomic E-state index is 0.609. The van der Waals surface area contributed by atoms with Crippen molar-refractivity contribution in [3.8, 4) is 0 Å². The summed E-state index contributed by atoms with van der Waals surface area (Å²) < 4.78 is 62.4. The summed E-state index contributed by atoms with van der Waals surface area (Å²) in [7, 11) is 0. The molecule has 0 aromatic carbocycles. The maximum Gasteiger partial charge on any atom is 0.197 e. The predicted molar refractivity (Wildman–Crippen MR) is 53.6 cm³/mol. The first-order valence-electron chi connectivity index (χ1n) is 4.64. The molecule has 0 N–H and O–H groups in total. The summed E-state index contributed by atoms with van der Waals surface area (Å²) in [6.07, 6.45) is -1.49. The summed E-state index contributed by atoms with van der Waals surface area (Å²) in [5.41, 5.74) is -1.47. The van der Waals surface area contributed by atoms with Gasteiger partial charge in [-0.1, -0.05) is 0 Å². The number of allylic oxidation sites excluding steroid dienone is 4. The SMILES string of the molecule is CC(=O)C(C)C(=O)C(=C\F)/C(F)=C(F)\C(F)=C\F. The molecule has 0 amide bonds. The predicted octanol–water partition coefficient (Wildman–Crippen LogP) is 3.57. The summed E-state index contributed by atoms with van der Waals surface area (Å²) >= 11 is 0. The van der Waals surface area contributed by atoms with Gasteiger partial charge >= 0.3 is 0 Å². The van der Waals surface area contributed by atoms with Crippen LogP contribution < -0.4 is 0 Å². The van der Waals surface area contributed by atoms with Crippen LogP contribution in [0.5, 0.6) is 0 Å². The van der Waals surface area contributed by atoms with Gasteiger partial charge in [-0.2, -0.15) is 0 Å². The second kappa shape index (κ2) is 6.83. The molecule has 18 heavy (non-hydrogen) atoms. The minimum Gasteiger partial charge on any atom is -0.299 e. The van der Waals surface area contributed by atoms with Gasteiger partial charge in [0, 0.05) is 0 Å². The first kappa shape index (κ1) is 16.2. The van der Waals surface area contributed by atoms with Crippen molar-refractivity contribution in [3.05, 3.63) is 35.7 Å². The normalized spacial score (nSPS) is 16.2. The van der Waals surface area contributed by atoms with Crippen LogP contribution >= 0.6 is 0 Å². The molecule has 0 aliphatic carbocycles. The van der Waals surface area contributed by atoms with Gasteiger partial charge in [-0.05, 0) is 13.8 Å². The minimum atomic E-state index is -2.36. The van der Waals surface area contributed by atoms with Crippen molar-refractivity contribution in [3.63, 3.8) is 0 Å². The Bertz CT molecular complexity index is 448. The van der Waals surface area contributed by atoms with Gasteiger partial charge in [-0.15, -0.1) is 0 Å². The van der Waals surface area contributed by atoms with Crippen LogP contribution in [-0.2, 0) is 9.59 Å². The van der Waals surface area contributed by atoms with E-state index < -0.39 is 53.2 Å². The van der Waals surface area contributed by atoms with E-state index in [1.54, 1.807) is 0 Å². The molecule has 0 spiro atoms. The van der Waals surface area contributed by atoms with E-state index in [0.29, 0.717) is 0 Å². The Morgan fingerprint density at radius 2 is 1.50 bits per heavy atom. The zero-order valence-electron chi connectivity index (χ0n) is 9.44. The van der Waals surface area contributed by atoms with Gasteiger partial charge in [0.25, 0.3) is 0 Å². The topological polar surface area (TPSA) is 34.1 Å². The summed E-state index contributed by atoms with van der Waals surface area (Å²) in [5, 5.41) is 0. The number of halogens is 5. The maximum absolute atomic E-state index is 13.2. The van der Waals surface area contributed by atoms with E-state index >= 15 is 0 Å². The zero-order valence-corrected chi connectivity index (χ0v) is 9.44. The van der Waals surface area contributed by atoms with Crippen LogP contribution in [0.4, 0.5) is 22.0 Å². The Labute approximate surface area is 99.5 Å². The first-order valence-corrected chi connectivity index (χ1v) is 4.64. The molecule has 100 valence electrons. The molecule has 0 bridgehead atoms. The number of Topliss-reactive ketones (excluding diaryl/α,β-unsaturated/α-hetero) is 2. The van der Waals surface area contributed by atoms with Gasteiger partial charge in [0.15, 0.2) is 23.3 Å². The van der Waals surface area contributed by atoms with E-state index in [9.17, 15) is 31.5 Å². The Morgan fingerprint density at radius 3 is 1.83 bits per heavy atom. The fraction of sp³-hybridized carbons (Fsp3) is 0.273. The molecule has 2 nitrogen and oxygen atoms in total. The Hall–Kier alpha value is -1.79. The molecule has 0 rings (SSSR count). The molecule has 0 aliphatic heterocycles. The van der Waals surface area contributed by atoms with Crippen molar-refractivity contribution in [1.29, 1.82) is 0 Å². The third-order valence-electron chi connectivity index (χ3n) is 2.11. The average molecular weight is 268 g/mol. The van der Waals surface area contributed by atoms with Crippen LogP contribution in [0.1, 0.15) is 13.8 Å². The summed E-state index contributed by atoms with van der Waals surface area (Å²) in [6.45, 7) is 2.03. The van der Waals surface area contributed by atoms with Crippen molar-refractivity contribution in [2.45, 2.75) is 13.8 Å². The quantitative estimate of drug-likeness (QED) is 0.330. The van der Waals surface area contributed by atoms with E-state index in [0.717, 1.165) is 13.8 Å². The number of carbonyl (C=O) groups excluding carboxylic acids is 2. The largest absolute Gasteiger partial charge is 0.299 e. The van der Waals surface area contributed by atoms with Gasteiger partial charge in [0.1, 0.15) is 18.4 Å². The average Bonchev–Trinajstić information content (AvgIpc) is 2.35. The molecule has 1 unspecified atom stereocenters. The second-order valence-corrected chi connectivity index (χ2v) is 3.30. The molecule has 0 heterocycles. The third-order valence-corrected chi connectivity index (χ3v) is 2.11. The Balaban J connectivity index is 5.51. The van der Waals surface area contributed by atoms with Crippen LogP contribution in [-0.4, -0.2) is 11.6 Å². The summed E-state index contributed by atoms with van der Waals surface area (Å²) in [6, 6.07) is 0. The van der Waals surface area contributed by atoms with Gasteiger partial charge < -0.3 is 0 Å². The van der Waals surface area contributed by atoms with Gasteiger partial charge in [0.2, 0.25) is 0 Å². The lowest BCUT2D eigenvalue weighted by atomic mass is 9.96. The van der Waals surface area contributed by atoms with E-state index in [2.05, 4.69) is 0 Å². The number of hydrogen-bond acceptors (Lipinski definition) is 2. The molecule has 0 radical (unpaired) electrons. The molecular weight excluding hydrogens is 259 g/mol. The molecule has 1 atom stereocenters. The molecule has 7 heteroatoms. The van der Waals surface area contributed by atoms with Crippen LogP contribution in [0, 0.1) is 5.92 Å². The molecule has 0 aromatic heterocycles. The number of hydrogen-bond donors (Lipinski definition) is 0. The molecular formula is C11H9F5O2. The van der Waals surface area contributed by atoms with Gasteiger partial charge in [-0.3, -0.25) is 9.59 Å². The number of rotatable bonds is 5. The number of ketones is 2. The van der Waals surface area contributed by atoms with E-state index in [1.165, 1.54) is 0 Å². The molecule has 0 aromatic rings. The monoisotopic (exact) mass is 268 g/mol. The van der Waals surface area contributed by atoms with Crippen LogP contribution in [0.3, 0.4) is 0 Å². The van der Waals surface area contributed by atoms with Crippen LogP contribution in [0.2, 0.25) is 0 Å². The molecule has 0 fully saturated rings. The summed E-state index contributed by atoms with van der Waals surface area (Å²) in [4.78, 5) is 22.2. The Morgan fingerprint density at radius 1 is 1.00 bits per heavy atom. The smallest absolute Gasteiger partial charge is 0.197 e. The van der Waals surface area contributed by atoms with Crippen molar-refractivity contribution < 1.29 is 31.5 Å². The lowest BCUT2D eigenvalue weighted by Crippen LogP contribution is -2.20. The maximum atomic E-state index is 13.2. The van der Waals surface area contributed by atoms with E-state index in [1.807, 2.05) is 0 Å². The lowest BCUT2D eigenvalue weighted by molar-refractivity contribution is -0.128. The van der Waals surface area contributed by atoms with Crippen molar-refractivity contribution in [2.75, 3.05) is 0 Å². The lowest BCUT2D eigenvalue weighted by Gasteiger charge is -2.08. The van der Waals surface area contributed by atoms with Crippen molar-refractivity contribution in [2.24, 2.45) is 5.92 Å². The second-order valence-electron chi connectivity index (χ2n) is 3.30. The third kappa shape index (κ3) is 3.61. The van der Waals surface area contributed by atoms with Crippen LogP contribution in [0.25, 0.3) is 0 Å². The van der Waals surface area contributed by atoms with Crippen LogP contribution in [0.15, 0.2) is 35.7 Å². The highest BCUT2D eigenvalue weighted by atomic mass is 19.2. The number of carbonyl (C=O) groups is 2. The van der Waals surface area contributed by atoms with Crippen molar-refractivity contribution in [1.82, 2.24) is 0 Å². The molecule has 0 aliphatic rings. The zero-order chi connectivity index (χ0) is 14.5. The highest BCUT2D eigenvalue weighted by Gasteiger charge is 2.28. The van der Waals surface area contributed by atoms with Crippen molar-refractivity contribution >= 4 is 11.6 Å². The molecule has 0 saturated heterocycles. The van der Waals surface area contributed by atoms with E-state index in [-0.39, 0.29) is 0 Å². The highest BCUT2D eigenvalue weighted by Crippen LogP contribution is 2.27. The van der Waals surface area contributed by atoms with Gasteiger partial charge in [-0.25, -0.2) is 22.0 Å². The van der Waals surface area contributed by atoms with E-state index in [4.69, 9.17) is 0 Å². The fourth-order valence-corrected chi connectivity index (χ4v) is 0.899. The summed E-state index contributed by atoms with van der Waals surface area (Å²) in [5.74, 6) is -10.3. The fourth-order valence-electron chi connectivity index (χ4n) is 0.899. The highest BCUT2D eigenvalue weighted by molar-refractivity contribution is 6.11.